The van der Waals surface area contributed by atoms with Gasteiger partial charge in [-0.1, -0.05) is 13.0 Å². The first-order valence-corrected chi connectivity index (χ1v) is 9.11. The van der Waals surface area contributed by atoms with E-state index in [1.54, 1.807) is 0 Å². The van der Waals surface area contributed by atoms with E-state index in [2.05, 4.69) is 46.3 Å². The molecule has 0 amide bonds. The molecule has 0 aliphatic carbocycles. The molecular weight excluding hydrogens is 310 g/mol. The highest BCUT2D eigenvalue weighted by Gasteiger charge is 2.25. The number of morpholine rings is 1. The van der Waals surface area contributed by atoms with Crippen LogP contribution in [0.25, 0.3) is 0 Å². The van der Waals surface area contributed by atoms with Gasteiger partial charge in [-0.3, -0.25) is 9.80 Å². The molecule has 3 rings (SSSR count). The Morgan fingerprint density at radius 2 is 2.22 bits per heavy atom. The van der Waals surface area contributed by atoms with Gasteiger partial charge >= 0.3 is 0 Å². The lowest BCUT2D eigenvalue weighted by atomic mass is 10.1. The van der Waals surface area contributed by atoms with Gasteiger partial charge in [0.25, 0.3) is 0 Å². The number of aryl methyl sites for hydroxylation is 1. The minimum Gasteiger partial charge on any atom is -0.444 e. The molecule has 1 saturated heterocycles. The van der Waals surface area contributed by atoms with Crippen molar-refractivity contribution in [1.82, 2.24) is 14.8 Å². The van der Waals surface area contributed by atoms with Crippen LogP contribution in [0, 0.1) is 0 Å². The van der Waals surface area contributed by atoms with Crippen LogP contribution < -0.4 is 0 Å². The fraction of sp³-hybridized carbons (Fsp3) is 0.588. The van der Waals surface area contributed by atoms with Gasteiger partial charge in [0.05, 0.1) is 32.0 Å². The van der Waals surface area contributed by atoms with Crippen LogP contribution in [0.15, 0.2) is 28.1 Å². The van der Waals surface area contributed by atoms with Crippen molar-refractivity contribution in [2.75, 3.05) is 39.9 Å². The molecule has 6 heteroatoms. The molecule has 1 aliphatic rings. The Morgan fingerprint density at radius 1 is 1.39 bits per heavy atom. The first-order valence-electron chi connectivity index (χ1n) is 8.23. The number of nitrogens with zero attached hydrogens (tertiary/aromatic N) is 3. The molecule has 0 N–H and O–H groups in total. The third-order valence-corrected chi connectivity index (χ3v) is 5.17. The summed E-state index contributed by atoms with van der Waals surface area (Å²) in [7, 11) is 2.14. The van der Waals surface area contributed by atoms with Crippen molar-refractivity contribution in [2.45, 2.75) is 25.9 Å². The van der Waals surface area contributed by atoms with Crippen molar-refractivity contribution in [1.29, 1.82) is 0 Å². The summed E-state index contributed by atoms with van der Waals surface area (Å²) in [5.41, 5.74) is 0. The maximum absolute atomic E-state index is 5.74. The zero-order chi connectivity index (χ0) is 16.1. The Morgan fingerprint density at radius 3 is 2.87 bits per heavy atom. The fourth-order valence-electron chi connectivity index (χ4n) is 2.93. The molecule has 0 bridgehead atoms. The molecule has 2 aromatic heterocycles. The smallest absolute Gasteiger partial charge is 0.208 e. The maximum Gasteiger partial charge on any atom is 0.208 e. The Hall–Kier alpha value is -1.21. The topological polar surface area (TPSA) is 41.7 Å². The quantitative estimate of drug-likeness (QED) is 0.778. The van der Waals surface area contributed by atoms with Gasteiger partial charge in [-0.15, -0.1) is 11.3 Å². The Balaban J connectivity index is 1.65. The first kappa shape index (κ1) is 16.6. The van der Waals surface area contributed by atoms with Crippen LogP contribution in [0.4, 0.5) is 0 Å². The molecule has 1 fully saturated rings. The van der Waals surface area contributed by atoms with E-state index in [0.29, 0.717) is 6.04 Å². The number of likely N-dealkylation sites (N-methyl/N-ethyl adjacent to an activating group) is 1. The standard InChI is InChI=1S/C17H25N3O2S/c1-3-14-11-18-17(22-14)13-19(2)12-15(16-5-4-10-23-16)20-6-8-21-9-7-20/h4-5,10-11,15H,3,6-9,12-13H2,1-2H3. The second-order valence-corrected chi connectivity index (χ2v) is 6.93. The highest BCUT2D eigenvalue weighted by molar-refractivity contribution is 7.10. The minimum absolute atomic E-state index is 0.407. The number of ether oxygens (including phenoxy) is 1. The van der Waals surface area contributed by atoms with Gasteiger partial charge in [0.1, 0.15) is 5.76 Å². The Bertz CT molecular complexity index is 578. The normalized spacial score (nSPS) is 17.7. The molecule has 0 spiro atoms. The van der Waals surface area contributed by atoms with Crippen LogP contribution >= 0.6 is 11.3 Å². The monoisotopic (exact) mass is 335 g/mol. The fourth-order valence-corrected chi connectivity index (χ4v) is 3.78. The molecule has 23 heavy (non-hydrogen) atoms. The lowest BCUT2D eigenvalue weighted by Crippen LogP contribution is -2.42. The SMILES string of the molecule is CCc1cnc(CN(C)CC(c2cccs2)N2CCOCC2)o1. The summed E-state index contributed by atoms with van der Waals surface area (Å²) in [4.78, 5) is 10.6. The molecule has 1 aliphatic heterocycles. The molecule has 0 saturated carbocycles. The maximum atomic E-state index is 5.74. The van der Waals surface area contributed by atoms with Crippen LogP contribution in [-0.2, 0) is 17.7 Å². The lowest BCUT2D eigenvalue weighted by molar-refractivity contribution is 0.00917. The number of hydrogen-bond acceptors (Lipinski definition) is 6. The summed E-state index contributed by atoms with van der Waals surface area (Å²) < 4.78 is 11.2. The Kier molecular flexibility index (Phi) is 5.83. The summed E-state index contributed by atoms with van der Waals surface area (Å²) in [6, 6.07) is 4.78. The molecule has 1 atom stereocenters. The predicted molar refractivity (Wildman–Crippen MR) is 91.7 cm³/mol. The molecule has 3 heterocycles. The van der Waals surface area contributed by atoms with E-state index in [4.69, 9.17) is 9.15 Å². The summed E-state index contributed by atoms with van der Waals surface area (Å²) in [6.45, 7) is 7.43. The highest BCUT2D eigenvalue weighted by atomic mass is 32.1. The molecule has 126 valence electrons. The zero-order valence-electron chi connectivity index (χ0n) is 13.9. The summed E-state index contributed by atoms with van der Waals surface area (Å²) in [5.74, 6) is 1.76. The van der Waals surface area contributed by atoms with Gasteiger partial charge in [0, 0.05) is 30.9 Å². The van der Waals surface area contributed by atoms with Gasteiger partial charge in [0.15, 0.2) is 0 Å². The average molecular weight is 335 g/mol. The van der Waals surface area contributed by atoms with Crippen LogP contribution in [0.1, 0.15) is 29.5 Å². The first-order chi connectivity index (χ1) is 11.3. The second kappa shape index (κ2) is 8.06. The van der Waals surface area contributed by atoms with Gasteiger partial charge in [-0.25, -0.2) is 4.98 Å². The number of rotatable bonds is 7. The number of aromatic nitrogens is 1. The van der Waals surface area contributed by atoms with Crippen molar-refractivity contribution in [3.8, 4) is 0 Å². The van der Waals surface area contributed by atoms with Crippen molar-refractivity contribution in [3.63, 3.8) is 0 Å². The van der Waals surface area contributed by atoms with E-state index in [-0.39, 0.29) is 0 Å². The van der Waals surface area contributed by atoms with Crippen molar-refractivity contribution in [2.24, 2.45) is 0 Å². The van der Waals surface area contributed by atoms with Crippen LogP contribution in [-0.4, -0.2) is 54.7 Å². The van der Waals surface area contributed by atoms with Crippen molar-refractivity contribution in [3.05, 3.63) is 40.2 Å². The van der Waals surface area contributed by atoms with Gasteiger partial charge in [0.2, 0.25) is 5.89 Å². The molecule has 0 aromatic carbocycles. The minimum atomic E-state index is 0.407. The van der Waals surface area contributed by atoms with Gasteiger partial charge < -0.3 is 9.15 Å². The average Bonchev–Trinajstić information content (AvgIpc) is 3.25. The lowest BCUT2D eigenvalue weighted by Gasteiger charge is -2.36. The van der Waals surface area contributed by atoms with E-state index in [1.165, 1.54) is 4.88 Å². The zero-order valence-corrected chi connectivity index (χ0v) is 14.7. The summed E-state index contributed by atoms with van der Waals surface area (Å²) >= 11 is 1.83. The van der Waals surface area contributed by atoms with Crippen LogP contribution in [0.5, 0.6) is 0 Å². The number of hydrogen-bond donors (Lipinski definition) is 0. The van der Waals surface area contributed by atoms with E-state index in [1.807, 2.05) is 17.5 Å². The van der Waals surface area contributed by atoms with Crippen molar-refractivity contribution < 1.29 is 9.15 Å². The number of thiophene rings is 1. The highest BCUT2D eigenvalue weighted by Crippen LogP contribution is 2.27. The third kappa shape index (κ3) is 4.41. The van der Waals surface area contributed by atoms with E-state index in [0.717, 1.165) is 57.5 Å². The molecule has 0 radical (unpaired) electrons. The largest absolute Gasteiger partial charge is 0.444 e. The van der Waals surface area contributed by atoms with Crippen LogP contribution in [0.3, 0.4) is 0 Å². The van der Waals surface area contributed by atoms with E-state index in [9.17, 15) is 0 Å². The molecule has 1 unspecified atom stereocenters. The number of oxazole rings is 1. The molecule has 5 nitrogen and oxygen atoms in total. The second-order valence-electron chi connectivity index (χ2n) is 5.95. The summed E-state index contributed by atoms with van der Waals surface area (Å²) in [6.07, 6.45) is 2.73. The third-order valence-electron chi connectivity index (χ3n) is 4.20. The van der Waals surface area contributed by atoms with Crippen LogP contribution in [0.2, 0.25) is 0 Å². The molecule has 2 aromatic rings. The van der Waals surface area contributed by atoms with E-state index >= 15 is 0 Å². The Labute approximate surface area is 141 Å². The van der Waals surface area contributed by atoms with E-state index < -0.39 is 0 Å². The predicted octanol–water partition coefficient (Wildman–Crippen LogP) is 2.80. The van der Waals surface area contributed by atoms with Gasteiger partial charge in [-0.2, -0.15) is 0 Å². The summed E-state index contributed by atoms with van der Waals surface area (Å²) in [5, 5.41) is 2.16. The van der Waals surface area contributed by atoms with Gasteiger partial charge in [-0.05, 0) is 18.5 Å². The van der Waals surface area contributed by atoms with Crippen molar-refractivity contribution >= 4 is 11.3 Å². The molecular formula is C17H25N3O2S.